The van der Waals surface area contributed by atoms with Gasteiger partial charge in [-0.25, -0.2) is 19.0 Å². The molecule has 2 aliphatic heterocycles. The van der Waals surface area contributed by atoms with E-state index in [2.05, 4.69) is 27.7 Å². The number of likely N-dealkylation sites (tertiary alicyclic amines) is 1. The summed E-state index contributed by atoms with van der Waals surface area (Å²) in [6.07, 6.45) is 7.56. The van der Waals surface area contributed by atoms with Crippen molar-refractivity contribution in [3.05, 3.63) is 23.4 Å². The number of unbranched alkanes of at least 4 members (excludes halogenated alkanes) is 1. The van der Waals surface area contributed by atoms with Crippen molar-refractivity contribution >= 4 is 17.8 Å². The van der Waals surface area contributed by atoms with Gasteiger partial charge >= 0.3 is 12.0 Å². The van der Waals surface area contributed by atoms with Gasteiger partial charge in [0.2, 0.25) is 0 Å². The van der Waals surface area contributed by atoms with Crippen LogP contribution in [0.2, 0.25) is 0 Å². The number of nitrogens with zero attached hydrogens (tertiary/aromatic N) is 3. The number of hydrogen-bond acceptors (Lipinski definition) is 6. The number of anilines is 1. The summed E-state index contributed by atoms with van der Waals surface area (Å²) >= 11 is 0. The van der Waals surface area contributed by atoms with Crippen molar-refractivity contribution in [2.24, 2.45) is 0 Å². The number of halogens is 1. The van der Waals surface area contributed by atoms with Gasteiger partial charge in [0.05, 0.1) is 13.7 Å². The van der Waals surface area contributed by atoms with Gasteiger partial charge < -0.3 is 25.2 Å². The number of nitrogens with one attached hydrogen (secondary N) is 2. The van der Waals surface area contributed by atoms with Gasteiger partial charge in [0.1, 0.15) is 18.0 Å². The zero-order valence-corrected chi connectivity index (χ0v) is 20.2. The van der Waals surface area contributed by atoms with Crippen LogP contribution >= 0.6 is 0 Å². The molecular weight excluding hydrogens is 437 g/mol. The molecule has 0 aromatic carbocycles. The second kappa shape index (κ2) is 11.8. The maximum Gasteiger partial charge on any atom is 0.328 e. The Morgan fingerprint density at radius 3 is 2.88 bits per heavy atom. The fraction of sp³-hybridized carbons (Fsp3) is 0.720. The molecule has 2 N–H and O–H groups in total. The summed E-state index contributed by atoms with van der Waals surface area (Å²) in [4.78, 5) is 33.4. The lowest BCUT2D eigenvalue weighted by molar-refractivity contribution is -0.143. The number of aryl methyl sites for hydroxylation is 2. The lowest BCUT2D eigenvalue weighted by Crippen LogP contribution is -2.49. The highest BCUT2D eigenvalue weighted by atomic mass is 19.1. The topological polar surface area (TPSA) is 86.8 Å². The van der Waals surface area contributed by atoms with Crippen LogP contribution in [0.4, 0.5) is 15.0 Å². The monoisotopic (exact) mass is 475 g/mol. The second-order valence-corrected chi connectivity index (χ2v) is 9.71. The van der Waals surface area contributed by atoms with E-state index in [-0.39, 0.29) is 12.6 Å². The molecule has 0 radical (unpaired) electrons. The fourth-order valence-electron chi connectivity index (χ4n) is 4.87. The number of aromatic nitrogens is 1. The Hall–Kier alpha value is -2.42. The Labute approximate surface area is 201 Å². The smallest absolute Gasteiger partial charge is 0.328 e. The molecule has 1 aliphatic carbocycles. The third-order valence-corrected chi connectivity index (χ3v) is 7.05. The molecule has 3 heterocycles. The highest BCUT2D eigenvalue weighted by Crippen LogP contribution is 2.28. The molecule has 9 heteroatoms. The first-order chi connectivity index (χ1) is 16.5. The van der Waals surface area contributed by atoms with Crippen LogP contribution in [-0.2, 0) is 22.4 Å². The first kappa shape index (κ1) is 24.7. The molecule has 0 bridgehead atoms. The summed E-state index contributed by atoms with van der Waals surface area (Å²) in [6.45, 7) is 3.15. The van der Waals surface area contributed by atoms with Gasteiger partial charge in [-0.3, -0.25) is 0 Å². The molecule has 4 rings (SSSR count). The number of ether oxygens (including phenoxy) is 1. The van der Waals surface area contributed by atoms with E-state index in [9.17, 15) is 14.0 Å². The fourth-order valence-corrected chi connectivity index (χ4v) is 4.87. The number of pyridine rings is 1. The van der Waals surface area contributed by atoms with Crippen LogP contribution in [0.5, 0.6) is 0 Å². The lowest BCUT2D eigenvalue weighted by atomic mass is 10.1. The highest BCUT2D eigenvalue weighted by molar-refractivity contribution is 5.83. The maximum atomic E-state index is 13.4. The van der Waals surface area contributed by atoms with Gasteiger partial charge in [-0.2, -0.15) is 0 Å². The van der Waals surface area contributed by atoms with E-state index in [1.165, 1.54) is 36.8 Å². The van der Waals surface area contributed by atoms with Crippen LogP contribution in [0.15, 0.2) is 12.1 Å². The van der Waals surface area contributed by atoms with Crippen molar-refractivity contribution in [2.45, 2.75) is 76.0 Å². The maximum absolute atomic E-state index is 13.4. The predicted octanol–water partition coefficient (Wildman–Crippen LogP) is 2.91. The van der Waals surface area contributed by atoms with E-state index in [1.54, 1.807) is 0 Å². The van der Waals surface area contributed by atoms with E-state index in [1.807, 2.05) is 0 Å². The molecule has 1 aromatic rings. The van der Waals surface area contributed by atoms with Crippen LogP contribution in [0.25, 0.3) is 0 Å². The minimum Gasteiger partial charge on any atom is -0.467 e. The molecular formula is C25H38FN5O3. The van der Waals surface area contributed by atoms with Crippen molar-refractivity contribution < 1.29 is 18.7 Å². The number of amides is 2. The zero-order valence-electron chi connectivity index (χ0n) is 20.2. The molecule has 1 saturated carbocycles. The van der Waals surface area contributed by atoms with Crippen LogP contribution in [-0.4, -0.2) is 84.9 Å². The molecule has 2 atom stereocenters. The minimum absolute atomic E-state index is 0.0864. The molecule has 188 valence electrons. The zero-order chi connectivity index (χ0) is 23.9. The van der Waals surface area contributed by atoms with Gasteiger partial charge in [0.15, 0.2) is 0 Å². The second-order valence-electron chi connectivity index (χ2n) is 9.71. The Morgan fingerprint density at radius 1 is 1.29 bits per heavy atom. The van der Waals surface area contributed by atoms with E-state index in [4.69, 9.17) is 9.72 Å². The summed E-state index contributed by atoms with van der Waals surface area (Å²) in [5, 5.41) is 6.16. The number of methoxy groups -OCH3 is 1. The van der Waals surface area contributed by atoms with E-state index >= 15 is 0 Å². The number of esters is 1. The number of alkyl halides is 1. The van der Waals surface area contributed by atoms with E-state index in [0.29, 0.717) is 25.4 Å². The molecule has 2 amide bonds. The summed E-state index contributed by atoms with van der Waals surface area (Å²) in [6, 6.07) is 3.81. The number of urea groups is 1. The average molecular weight is 476 g/mol. The first-order valence-corrected chi connectivity index (χ1v) is 12.8. The largest absolute Gasteiger partial charge is 0.467 e. The highest BCUT2D eigenvalue weighted by Gasteiger charge is 2.32. The molecule has 8 nitrogen and oxygen atoms in total. The van der Waals surface area contributed by atoms with Crippen molar-refractivity contribution in [3.63, 3.8) is 0 Å². The number of carbonyl (C=O) groups is 2. The number of hydrogen-bond donors (Lipinski definition) is 2. The van der Waals surface area contributed by atoms with Gasteiger partial charge in [-0.1, -0.05) is 6.07 Å². The quantitative estimate of drug-likeness (QED) is 0.378. The Balaban J connectivity index is 1.22. The molecule has 3 aliphatic rings. The standard InChI is InChI=1S/C25H38FN5O3/c1-34-24(32)22(29-25(33)31-15-11-19(26)17-31)12-16-30(21-9-10-21)14-3-2-6-20-8-7-18-5-4-13-27-23(18)28-20/h7-8,19,21-22H,2-6,9-17H2,1H3,(H,27,28)(H,29,33)/t19-,22+/m1/s1. The summed E-state index contributed by atoms with van der Waals surface area (Å²) < 4.78 is 18.4. The van der Waals surface area contributed by atoms with Gasteiger partial charge in [-0.15, -0.1) is 0 Å². The van der Waals surface area contributed by atoms with Gasteiger partial charge in [-0.05, 0) is 76.0 Å². The van der Waals surface area contributed by atoms with E-state index < -0.39 is 18.2 Å². The Bertz CT molecular complexity index is 850. The Morgan fingerprint density at radius 2 is 2.15 bits per heavy atom. The normalized spacial score (nSPS) is 20.6. The molecule has 0 spiro atoms. The average Bonchev–Trinajstić information content (AvgIpc) is 3.61. The SMILES string of the molecule is COC(=O)[C@H](CCN(CCCCc1ccc2c(n1)NCCC2)C1CC1)NC(=O)N1CC[C@@H](F)C1. The molecule has 0 unspecified atom stereocenters. The van der Waals surface area contributed by atoms with Crippen molar-refractivity contribution in [1.82, 2.24) is 20.1 Å². The lowest BCUT2D eigenvalue weighted by Gasteiger charge is -2.26. The van der Waals surface area contributed by atoms with Crippen LogP contribution in [0, 0.1) is 0 Å². The Kier molecular flexibility index (Phi) is 8.59. The molecule has 2 fully saturated rings. The summed E-state index contributed by atoms with van der Waals surface area (Å²) in [5.41, 5.74) is 2.45. The van der Waals surface area contributed by atoms with Gasteiger partial charge in [0, 0.05) is 31.4 Å². The van der Waals surface area contributed by atoms with Crippen molar-refractivity contribution in [3.8, 4) is 0 Å². The number of carbonyl (C=O) groups excluding carboxylic acids is 2. The van der Waals surface area contributed by atoms with Crippen LogP contribution in [0.3, 0.4) is 0 Å². The van der Waals surface area contributed by atoms with E-state index in [0.717, 1.165) is 56.8 Å². The third-order valence-electron chi connectivity index (χ3n) is 7.05. The van der Waals surface area contributed by atoms with Crippen molar-refractivity contribution in [2.75, 3.05) is 45.2 Å². The predicted molar refractivity (Wildman–Crippen MR) is 129 cm³/mol. The first-order valence-electron chi connectivity index (χ1n) is 12.8. The third kappa shape index (κ3) is 6.81. The number of fused-ring (bicyclic) bond motifs is 1. The van der Waals surface area contributed by atoms with Crippen LogP contribution < -0.4 is 10.6 Å². The molecule has 34 heavy (non-hydrogen) atoms. The van der Waals surface area contributed by atoms with Crippen molar-refractivity contribution in [1.29, 1.82) is 0 Å². The summed E-state index contributed by atoms with van der Waals surface area (Å²) in [7, 11) is 1.33. The molecule has 1 aromatic heterocycles. The summed E-state index contributed by atoms with van der Waals surface area (Å²) in [5.74, 6) is 0.599. The minimum atomic E-state index is -0.986. The number of rotatable bonds is 11. The molecule has 1 saturated heterocycles. The van der Waals surface area contributed by atoms with Gasteiger partial charge in [0.25, 0.3) is 0 Å². The van der Waals surface area contributed by atoms with Crippen LogP contribution in [0.1, 0.15) is 56.2 Å².